The summed E-state index contributed by atoms with van der Waals surface area (Å²) >= 11 is 17.7. The molecule has 2 aromatic rings. The van der Waals surface area contributed by atoms with Crippen molar-refractivity contribution in [3.63, 3.8) is 0 Å². The predicted molar refractivity (Wildman–Crippen MR) is 126 cm³/mol. The highest BCUT2D eigenvalue weighted by molar-refractivity contribution is 7.80. The minimum atomic E-state index is -0.528. The van der Waals surface area contributed by atoms with Gasteiger partial charge in [0, 0.05) is 6.54 Å². The number of benzene rings is 2. The first-order valence-corrected chi connectivity index (χ1v) is 10.2. The van der Waals surface area contributed by atoms with E-state index in [-0.39, 0.29) is 13.2 Å². The molecule has 0 saturated heterocycles. The first kappa shape index (κ1) is 23.9. The lowest BCUT2D eigenvalue weighted by Gasteiger charge is -2.20. The normalized spacial score (nSPS) is 11.1. The molecule has 0 bridgehead atoms. The molecule has 1 N–H and O–H groups in total. The van der Waals surface area contributed by atoms with Crippen LogP contribution in [0.5, 0.6) is 11.5 Å². The number of rotatable bonds is 10. The molecule has 2 rings (SSSR count). The maximum absolute atomic E-state index is 6.13. The number of thiocarbonyl (C=S) groups is 1. The van der Waals surface area contributed by atoms with Crippen molar-refractivity contribution in [2.24, 2.45) is 0 Å². The van der Waals surface area contributed by atoms with Gasteiger partial charge >= 0.3 is 0 Å². The average Bonchev–Trinajstić information content (AvgIpc) is 2.75. The summed E-state index contributed by atoms with van der Waals surface area (Å²) in [5.41, 5.74) is 1.82. The van der Waals surface area contributed by atoms with Gasteiger partial charge < -0.3 is 19.5 Å². The van der Waals surface area contributed by atoms with E-state index in [0.717, 1.165) is 11.1 Å². The molecule has 0 aliphatic rings. The topological polar surface area (TPSA) is 39.7 Å². The van der Waals surface area contributed by atoms with Crippen molar-refractivity contribution >= 4 is 40.4 Å². The number of halogens is 2. The van der Waals surface area contributed by atoms with Gasteiger partial charge in [-0.25, -0.2) is 0 Å². The zero-order valence-electron chi connectivity index (χ0n) is 16.4. The maximum atomic E-state index is 6.13. The summed E-state index contributed by atoms with van der Waals surface area (Å²) in [5.74, 6) is 6.11. The summed E-state index contributed by atoms with van der Waals surface area (Å²) in [5, 5.41) is 4.10. The quantitative estimate of drug-likeness (QED) is 0.403. The Kier molecular flexibility index (Phi) is 9.80. The summed E-state index contributed by atoms with van der Waals surface area (Å²) in [7, 11) is 1.58. The summed E-state index contributed by atoms with van der Waals surface area (Å²) in [6.45, 7) is 0.881. The van der Waals surface area contributed by atoms with Crippen LogP contribution < -0.4 is 14.8 Å². The van der Waals surface area contributed by atoms with E-state index in [1.54, 1.807) is 19.2 Å². The summed E-state index contributed by atoms with van der Waals surface area (Å²) in [6, 6.07) is 10.9. The van der Waals surface area contributed by atoms with Gasteiger partial charge in [-0.1, -0.05) is 59.4 Å². The van der Waals surface area contributed by atoms with Crippen LogP contribution in [-0.4, -0.2) is 31.9 Å². The van der Waals surface area contributed by atoms with E-state index < -0.39 is 6.10 Å². The molecule has 2 aromatic carbocycles. The van der Waals surface area contributed by atoms with Crippen LogP contribution in [0.25, 0.3) is 0 Å². The van der Waals surface area contributed by atoms with Crippen LogP contribution in [0.15, 0.2) is 36.4 Å². The smallest absolute Gasteiger partial charge is 0.162 e. The molecule has 0 aliphatic carbocycles. The molecule has 0 aromatic heterocycles. The monoisotopic (exact) mass is 461 g/mol. The average molecular weight is 462 g/mol. The van der Waals surface area contributed by atoms with Crippen molar-refractivity contribution < 1.29 is 14.2 Å². The van der Waals surface area contributed by atoms with E-state index in [1.165, 1.54) is 0 Å². The first-order valence-electron chi connectivity index (χ1n) is 9.01. The van der Waals surface area contributed by atoms with Crippen LogP contribution in [0.2, 0.25) is 10.0 Å². The van der Waals surface area contributed by atoms with Crippen molar-refractivity contribution in [1.29, 1.82) is 0 Å². The molecule has 0 heterocycles. The van der Waals surface area contributed by atoms with Gasteiger partial charge in [-0.2, -0.15) is 0 Å². The van der Waals surface area contributed by atoms with Crippen LogP contribution in [-0.2, 0) is 11.2 Å². The van der Waals surface area contributed by atoms with Gasteiger partial charge in [-0.15, -0.1) is 12.8 Å². The molecule has 30 heavy (non-hydrogen) atoms. The standard InChI is InChI=1S/C23H21Cl2NO3S/c1-4-12-28-20-9-6-16(14-21(20)27-3)10-11-26-23(30)22(29-13-5-2)17-7-8-18(24)19(25)15-17/h1-2,6-9,14-15,22H,10-13H2,3H3,(H,26,30). The number of ether oxygens (including phenoxy) is 3. The minimum Gasteiger partial charge on any atom is -0.493 e. The lowest BCUT2D eigenvalue weighted by atomic mass is 10.1. The van der Waals surface area contributed by atoms with E-state index in [0.29, 0.717) is 39.5 Å². The molecule has 0 spiro atoms. The number of terminal acetylenes is 2. The molecule has 1 atom stereocenters. The second kappa shape index (κ2) is 12.3. The van der Waals surface area contributed by atoms with Crippen molar-refractivity contribution in [3.05, 3.63) is 57.6 Å². The molecule has 156 valence electrons. The van der Waals surface area contributed by atoms with E-state index in [4.69, 9.17) is 62.5 Å². The third kappa shape index (κ3) is 6.83. The molecule has 4 nitrogen and oxygen atoms in total. The van der Waals surface area contributed by atoms with Crippen LogP contribution in [0.1, 0.15) is 17.2 Å². The number of hydrogen-bond acceptors (Lipinski definition) is 4. The molecule has 7 heteroatoms. The van der Waals surface area contributed by atoms with Crippen molar-refractivity contribution in [2.75, 3.05) is 26.9 Å². The lowest BCUT2D eigenvalue weighted by Crippen LogP contribution is -2.31. The van der Waals surface area contributed by atoms with Gasteiger partial charge in [0.1, 0.15) is 24.3 Å². The summed E-state index contributed by atoms with van der Waals surface area (Å²) < 4.78 is 16.6. The van der Waals surface area contributed by atoms with Gasteiger partial charge in [-0.05, 0) is 41.8 Å². The highest BCUT2D eigenvalue weighted by Crippen LogP contribution is 2.29. The third-order valence-electron chi connectivity index (χ3n) is 4.07. The Balaban J connectivity index is 2.02. The Morgan fingerprint density at radius 1 is 1.07 bits per heavy atom. The first-order chi connectivity index (χ1) is 14.5. The lowest BCUT2D eigenvalue weighted by molar-refractivity contribution is 0.128. The van der Waals surface area contributed by atoms with Crippen LogP contribution in [0, 0.1) is 24.7 Å². The van der Waals surface area contributed by atoms with Gasteiger partial charge in [0.25, 0.3) is 0 Å². The zero-order chi connectivity index (χ0) is 21.9. The van der Waals surface area contributed by atoms with E-state index in [2.05, 4.69) is 17.2 Å². The zero-order valence-corrected chi connectivity index (χ0v) is 18.7. The van der Waals surface area contributed by atoms with Crippen LogP contribution in [0.4, 0.5) is 0 Å². The van der Waals surface area contributed by atoms with E-state index >= 15 is 0 Å². The highest BCUT2D eigenvalue weighted by Gasteiger charge is 2.18. The fraction of sp³-hybridized carbons (Fsp3) is 0.261. The predicted octanol–water partition coefficient (Wildman–Crippen LogP) is 4.86. The largest absolute Gasteiger partial charge is 0.493 e. The number of hydrogen-bond donors (Lipinski definition) is 1. The molecule has 0 aliphatic heterocycles. The fourth-order valence-electron chi connectivity index (χ4n) is 2.66. The molecular weight excluding hydrogens is 441 g/mol. The van der Waals surface area contributed by atoms with Gasteiger partial charge in [0.15, 0.2) is 11.5 Å². The molecule has 0 radical (unpaired) electrons. The molecule has 0 saturated carbocycles. The molecule has 0 amide bonds. The third-order valence-corrected chi connectivity index (χ3v) is 5.17. The second-order valence-electron chi connectivity index (χ2n) is 6.09. The Bertz CT molecular complexity index is 966. The Morgan fingerprint density at radius 2 is 1.83 bits per heavy atom. The highest BCUT2D eigenvalue weighted by atomic mass is 35.5. The SMILES string of the molecule is C#CCOc1ccc(CCNC(=S)C(OCC#C)c2ccc(Cl)c(Cl)c2)cc1OC. The van der Waals surface area contributed by atoms with Gasteiger partial charge in [0.2, 0.25) is 0 Å². The molecular formula is C23H21Cl2NO3S. The van der Waals surface area contributed by atoms with Crippen LogP contribution in [0.3, 0.4) is 0 Å². The summed E-state index contributed by atoms with van der Waals surface area (Å²) in [6.07, 6.45) is 10.7. The number of methoxy groups -OCH3 is 1. The van der Waals surface area contributed by atoms with Crippen molar-refractivity contribution in [1.82, 2.24) is 5.32 Å². The molecule has 0 fully saturated rings. The summed E-state index contributed by atoms with van der Waals surface area (Å²) in [4.78, 5) is 0.504. The Labute approximate surface area is 192 Å². The van der Waals surface area contributed by atoms with Gasteiger partial charge in [-0.3, -0.25) is 0 Å². The Morgan fingerprint density at radius 3 is 2.50 bits per heavy atom. The second-order valence-corrected chi connectivity index (χ2v) is 7.34. The number of nitrogens with one attached hydrogen (secondary N) is 1. The van der Waals surface area contributed by atoms with E-state index in [9.17, 15) is 0 Å². The molecule has 1 unspecified atom stereocenters. The maximum Gasteiger partial charge on any atom is 0.162 e. The minimum absolute atomic E-state index is 0.114. The Hall–Kier alpha value is -2.41. The van der Waals surface area contributed by atoms with Crippen molar-refractivity contribution in [2.45, 2.75) is 12.5 Å². The van der Waals surface area contributed by atoms with Crippen molar-refractivity contribution in [3.8, 4) is 36.2 Å². The van der Waals surface area contributed by atoms with Crippen LogP contribution >= 0.6 is 35.4 Å². The van der Waals surface area contributed by atoms with E-state index in [1.807, 2.05) is 24.3 Å². The fourth-order valence-corrected chi connectivity index (χ4v) is 3.27. The van der Waals surface area contributed by atoms with Gasteiger partial charge in [0.05, 0.1) is 17.2 Å².